The molecule has 15 heavy (non-hydrogen) atoms. The molecule has 0 fully saturated rings. The molecule has 0 aliphatic rings. The van der Waals surface area contributed by atoms with Gasteiger partial charge in [0.1, 0.15) is 0 Å². The average molecular weight is 210 g/mol. The van der Waals surface area contributed by atoms with E-state index >= 15 is 0 Å². The van der Waals surface area contributed by atoms with E-state index in [0.717, 1.165) is 5.92 Å². The predicted molar refractivity (Wildman–Crippen MR) is 71.2 cm³/mol. The molecule has 0 aromatic carbocycles. The molecule has 0 N–H and O–H groups in total. The second-order valence-corrected chi connectivity index (χ2v) is 5.01. The molecular formula is C15H30. The third-order valence-electron chi connectivity index (χ3n) is 2.75. The zero-order chi connectivity index (χ0) is 11.4. The fraction of sp³-hybridized carbons (Fsp3) is 0.867. The van der Waals surface area contributed by atoms with Crippen LogP contribution >= 0.6 is 0 Å². The van der Waals surface area contributed by atoms with Gasteiger partial charge in [-0.2, -0.15) is 0 Å². The summed E-state index contributed by atoms with van der Waals surface area (Å²) in [4.78, 5) is 0. The van der Waals surface area contributed by atoms with Crippen LogP contribution in [0.15, 0.2) is 12.2 Å². The van der Waals surface area contributed by atoms with Crippen LogP contribution < -0.4 is 0 Å². The molecular weight excluding hydrogens is 180 g/mol. The number of rotatable bonds is 10. The summed E-state index contributed by atoms with van der Waals surface area (Å²) in [6, 6.07) is 0. The largest absolute Gasteiger partial charge is 0.0885 e. The van der Waals surface area contributed by atoms with E-state index < -0.39 is 0 Å². The first-order valence-corrected chi connectivity index (χ1v) is 6.92. The van der Waals surface area contributed by atoms with Crippen molar-refractivity contribution >= 4 is 0 Å². The van der Waals surface area contributed by atoms with Crippen molar-refractivity contribution in [2.24, 2.45) is 5.92 Å². The normalized spacial score (nSPS) is 11.7. The minimum atomic E-state index is 0.815. The Hall–Kier alpha value is -0.260. The molecule has 0 saturated heterocycles. The lowest BCUT2D eigenvalue weighted by Crippen LogP contribution is -1.82. The van der Waals surface area contributed by atoms with Crippen molar-refractivity contribution in [3.05, 3.63) is 12.2 Å². The van der Waals surface area contributed by atoms with E-state index in [1.807, 2.05) is 0 Å². The van der Waals surface area contributed by atoms with Crippen molar-refractivity contribution in [2.45, 2.75) is 78.6 Å². The fourth-order valence-corrected chi connectivity index (χ4v) is 1.71. The number of allylic oxidation sites excluding steroid dienone is 2. The molecule has 0 heteroatoms. The SMILES string of the molecule is CCCCCCCCCC=CCC(C)C. The summed E-state index contributed by atoms with van der Waals surface area (Å²) in [6.07, 6.45) is 17.2. The molecule has 0 saturated carbocycles. The van der Waals surface area contributed by atoms with Gasteiger partial charge in [0.15, 0.2) is 0 Å². The maximum Gasteiger partial charge on any atom is -0.0327 e. The van der Waals surface area contributed by atoms with Crippen LogP contribution in [0.2, 0.25) is 0 Å². The van der Waals surface area contributed by atoms with Crippen LogP contribution in [0.25, 0.3) is 0 Å². The Labute approximate surface area is 97.2 Å². The monoisotopic (exact) mass is 210 g/mol. The lowest BCUT2D eigenvalue weighted by molar-refractivity contribution is 0.591. The Bertz CT molecular complexity index is 133. The van der Waals surface area contributed by atoms with E-state index in [4.69, 9.17) is 0 Å². The standard InChI is InChI=1S/C15H30/c1-4-5-6-7-8-9-10-11-12-13-14-15(2)3/h12-13,15H,4-11,14H2,1-3H3. The predicted octanol–water partition coefficient (Wildman–Crippen LogP) is 5.73. The summed E-state index contributed by atoms with van der Waals surface area (Å²) >= 11 is 0. The highest BCUT2D eigenvalue weighted by Crippen LogP contribution is 2.09. The van der Waals surface area contributed by atoms with Crippen molar-refractivity contribution in [2.75, 3.05) is 0 Å². The van der Waals surface area contributed by atoms with Crippen LogP contribution in [-0.2, 0) is 0 Å². The molecule has 0 aromatic heterocycles. The Morgan fingerprint density at radius 1 is 0.800 bits per heavy atom. The van der Waals surface area contributed by atoms with Crippen molar-refractivity contribution in [1.29, 1.82) is 0 Å². The van der Waals surface area contributed by atoms with Crippen molar-refractivity contribution in [1.82, 2.24) is 0 Å². The van der Waals surface area contributed by atoms with E-state index in [1.54, 1.807) is 0 Å². The molecule has 90 valence electrons. The summed E-state index contributed by atoms with van der Waals surface area (Å²) in [7, 11) is 0. The molecule has 0 atom stereocenters. The van der Waals surface area contributed by atoms with Gasteiger partial charge >= 0.3 is 0 Å². The summed E-state index contributed by atoms with van der Waals surface area (Å²) in [5.74, 6) is 0.815. The van der Waals surface area contributed by atoms with Crippen LogP contribution in [0.4, 0.5) is 0 Å². The highest BCUT2D eigenvalue weighted by molar-refractivity contribution is 4.82. The third kappa shape index (κ3) is 13.7. The number of hydrogen-bond donors (Lipinski definition) is 0. The average Bonchev–Trinajstić information content (AvgIpc) is 2.20. The molecule has 0 aromatic rings. The number of hydrogen-bond acceptors (Lipinski definition) is 0. The van der Waals surface area contributed by atoms with Gasteiger partial charge in [0, 0.05) is 0 Å². The van der Waals surface area contributed by atoms with Gasteiger partial charge in [-0.25, -0.2) is 0 Å². The highest BCUT2D eigenvalue weighted by Gasteiger charge is 1.90. The molecule has 0 nitrogen and oxygen atoms in total. The third-order valence-corrected chi connectivity index (χ3v) is 2.75. The maximum atomic E-state index is 2.37. The smallest absolute Gasteiger partial charge is 0.0327 e. The molecule has 0 bridgehead atoms. The van der Waals surface area contributed by atoms with Crippen molar-refractivity contribution in [3.63, 3.8) is 0 Å². The molecule has 0 unspecified atom stereocenters. The zero-order valence-corrected chi connectivity index (χ0v) is 11.1. The Kier molecular flexibility index (Phi) is 11.6. The molecule has 0 amide bonds. The lowest BCUT2D eigenvalue weighted by atomic mass is 10.1. The second-order valence-electron chi connectivity index (χ2n) is 5.01. The fourth-order valence-electron chi connectivity index (χ4n) is 1.71. The molecule has 0 spiro atoms. The lowest BCUT2D eigenvalue weighted by Gasteiger charge is -1.99. The summed E-state index contributed by atoms with van der Waals surface area (Å²) in [5, 5.41) is 0. The maximum absolute atomic E-state index is 2.37. The Morgan fingerprint density at radius 2 is 1.40 bits per heavy atom. The minimum Gasteiger partial charge on any atom is -0.0885 e. The quantitative estimate of drug-likeness (QED) is 0.319. The first kappa shape index (κ1) is 14.7. The first-order chi connectivity index (χ1) is 7.27. The molecule has 0 aliphatic carbocycles. The van der Waals surface area contributed by atoms with Gasteiger partial charge in [0.25, 0.3) is 0 Å². The summed E-state index contributed by atoms with van der Waals surface area (Å²) < 4.78 is 0. The second kappa shape index (κ2) is 11.8. The van der Waals surface area contributed by atoms with E-state index in [1.165, 1.54) is 57.8 Å². The van der Waals surface area contributed by atoms with E-state index in [0.29, 0.717) is 0 Å². The Balaban J connectivity index is 3.01. The summed E-state index contributed by atoms with van der Waals surface area (Å²) in [5.41, 5.74) is 0. The van der Waals surface area contributed by atoms with Gasteiger partial charge in [0.05, 0.1) is 0 Å². The van der Waals surface area contributed by atoms with Gasteiger partial charge in [-0.15, -0.1) is 0 Å². The van der Waals surface area contributed by atoms with Crippen LogP contribution in [-0.4, -0.2) is 0 Å². The zero-order valence-electron chi connectivity index (χ0n) is 11.1. The van der Waals surface area contributed by atoms with Gasteiger partial charge in [-0.05, 0) is 25.2 Å². The van der Waals surface area contributed by atoms with Gasteiger partial charge in [-0.3, -0.25) is 0 Å². The van der Waals surface area contributed by atoms with Crippen LogP contribution in [0.5, 0.6) is 0 Å². The Morgan fingerprint density at radius 3 is 2.00 bits per heavy atom. The van der Waals surface area contributed by atoms with Crippen LogP contribution in [0.3, 0.4) is 0 Å². The van der Waals surface area contributed by atoms with E-state index in [9.17, 15) is 0 Å². The highest BCUT2D eigenvalue weighted by atomic mass is 14.0. The topological polar surface area (TPSA) is 0 Å². The van der Waals surface area contributed by atoms with E-state index in [2.05, 4.69) is 32.9 Å². The molecule has 0 rings (SSSR count). The molecule has 0 heterocycles. The van der Waals surface area contributed by atoms with Crippen LogP contribution in [0.1, 0.15) is 78.6 Å². The molecule has 0 aliphatic heterocycles. The first-order valence-electron chi connectivity index (χ1n) is 6.92. The van der Waals surface area contributed by atoms with E-state index in [-0.39, 0.29) is 0 Å². The van der Waals surface area contributed by atoms with Crippen molar-refractivity contribution in [3.8, 4) is 0 Å². The van der Waals surface area contributed by atoms with Gasteiger partial charge < -0.3 is 0 Å². The van der Waals surface area contributed by atoms with Gasteiger partial charge in [0.2, 0.25) is 0 Å². The minimum absolute atomic E-state index is 0.815. The van der Waals surface area contributed by atoms with Crippen LogP contribution in [0, 0.1) is 5.92 Å². The van der Waals surface area contributed by atoms with Crippen molar-refractivity contribution < 1.29 is 0 Å². The summed E-state index contributed by atoms with van der Waals surface area (Å²) in [6.45, 7) is 6.83. The molecule has 0 radical (unpaired) electrons. The number of unbranched alkanes of at least 4 members (excludes halogenated alkanes) is 7. The van der Waals surface area contributed by atoms with Gasteiger partial charge in [-0.1, -0.05) is 71.4 Å².